The lowest BCUT2D eigenvalue weighted by molar-refractivity contribution is -0.414. The highest BCUT2D eigenvalue weighted by atomic mass is 35.5. The first kappa shape index (κ1) is 48.5. The molecule has 1 N–H and O–H groups in total. The van der Waals surface area contributed by atoms with Crippen LogP contribution in [0.4, 0.5) is 4.39 Å². The predicted molar refractivity (Wildman–Crippen MR) is 259 cm³/mol. The van der Waals surface area contributed by atoms with Gasteiger partial charge in [0.05, 0.1) is 60.5 Å². The van der Waals surface area contributed by atoms with Gasteiger partial charge in [-0.3, -0.25) is 0 Å². The van der Waals surface area contributed by atoms with Crippen molar-refractivity contribution in [1.29, 1.82) is 0 Å². The van der Waals surface area contributed by atoms with Crippen LogP contribution in [-0.2, 0) is 73.7 Å². The summed E-state index contributed by atoms with van der Waals surface area (Å²) in [6.45, 7) is 0.397. The van der Waals surface area contributed by atoms with Crippen molar-refractivity contribution >= 4 is 11.6 Å². The molecule has 1 aliphatic heterocycles. The molecule has 7 aromatic carbocycles. The molecule has 1 saturated heterocycles. The van der Waals surface area contributed by atoms with Crippen molar-refractivity contribution in [3.05, 3.63) is 237 Å². The first-order valence-corrected chi connectivity index (χ1v) is 23.0. The van der Waals surface area contributed by atoms with Gasteiger partial charge >= 0.3 is 0 Å². The highest BCUT2D eigenvalue weighted by Crippen LogP contribution is 2.47. The fraction of sp³-hybridized carbons (Fsp3) is 0.263. The van der Waals surface area contributed by atoms with Gasteiger partial charge in [-0.05, 0) is 87.5 Å². The van der Waals surface area contributed by atoms with Crippen LogP contribution in [0.1, 0.15) is 44.5 Å². The van der Waals surface area contributed by atoms with E-state index in [0.29, 0.717) is 22.1 Å². The summed E-state index contributed by atoms with van der Waals surface area (Å²) in [4.78, 5) is 0. The van der Waals surface area contributed by atoms with Crippen molar-refractivity contribution in [3.63, 3.8) is 0 Å². The normalized spacial score (nSPS) is 18.8. The molecule has 7 aromatic rings. The van der Waals surface area contributed by atoms with E-state index in [1.165, 1.54) is 12.1 Å². The zero-order valence-electron chi connectivity index (χ0n) is 38.2. The molecule has 0 aromatic heterocycles. The maximum Gasteiger partial charge on any atom is 0.223 e. The second-order valence-corrected chi connectivity index (χ2v) is 17.3. The van der Waals surface area contributed by atoms with Gasteiger partial charge in [-0.15, -0.1) is 0 Å². The van der Waals surface area contributed by atoms with E-state index in [-0.39, 0.29) is 58.2 Å². The zero-order chi connectivity index (χ0) is 47.2. The molecule has 4 atom stereocenters. The van der Waals surface area contributed by atoms with E-state index in [2.05, 4.69) is 0 Å². The standard InChI is InChI=1S/C57H56ClFO9/c1-61-50-27-20-45(21-28-50)34-63-39-56(40-64-35-46-22-29-51(62-2)30-23-46)54(66-37-43-14-8-4-9-15-43)53(65-36-42-12-6-3-7-13-42)55(67-38-44-16-10-5-11-17-44)57(60,68-56)48-24-31-52(59)47(33-48)32-41-18-25-49(58)26-19-41/h3-31,33,53-55,60H,32,34-40H2,1-2H3/t53-,54-,55?,57?/m0/s1. The average molecular weight is 940 g/mol. The molecule has 0 bridgehead atoms. The van der Waals surface area contributed by atoms with Crippen LogP contribution in [-0.4, -0.2) is 56.5 Å². The van der Waals surface area contributed by atoms with Gasteiger partial charge in [0.25, 0.3) is 0 Å². The van der Waals surface area contributed by atoms with Crippen LogP contribution in [0.3, 0.4) is 0 Å². The molecule has 1 fully saturated rings. The fourth-order valence-corrected chi connectivity index (χ4v) is 8.52. The molecule has 11 heteroatoms. The maximum absolute atomic E-state index is 16.0. The van der Waals surface area contributed by atoms with Gasteiger partial charge in [-0.1, -0.05) is 145 Å². The Morgan fingerprint density at radius 2 is 0.956 bits per heavy atom. The van der Waals surface area contributed by atoms with Crippen LogP contribution < -0.4 is 9.47 Å². The summed E-state index contributed by atoms with van der Waals surface area (Å²) < 4.78 is 68.6. The van der Waals surface area contributed by atoms with Crippen LogP contribution in [0.15, 0.2) is 182 Å². The van der Waals surface area contributed by atoms with Crippen LogP contribution in [0.2, 0.25) is 5.02 Å². The lowest BCUT2D eigenvalue weighted by Crippen LogP contribution is -2.72. The van der Waals surface area contributed by atoms with Crippen LogP contribution >= 0.6 is 11.6 Å². The number of methoxy groups -OCH3 is 2. The number of hydrogen-bond acceptors (Lipinski definition) is 9. The van der Waals surface area contributed by atoms with Crippen LogP contribution in [0.25, 0.3) is 0 Å². The Hall–Kier alpha value is -5.92. The van der Waals surface area contributed by atoms with Crippen molar-refractivity contribution in [1.82, 2.24) is 0 Å². The van der Waals surface area contributed by atoms with Gasteiger partial charge in [-0.2, -0.15) is 0 Å². The molecule has 9 nitrogen and oxygen atoms in total. The van der Waals surface area contributed by atoms with Gasteiger partial charge in [0, 0.05) is 17.0 Å². The van der Waals surface area contributed by atoms with Gasteiger partial charge in [0.2, 0.25) is 5.79 Å². The zero-order valence-corrected chi connectivity index (χ0v) is 38.9. The summed E-state index contributed by atoms with van der Waals surface area (Å²) in [6.07, 6.45) is -3.12. The third-order valence-electron chi connectivity index (χ3n) is 12.0. The molecule has 2 unspecified atom stereocenters. The third-order valence-corrected chi connectivity index (χ3v) is 12.3. The second kappa shape index (κ2) is 23.4. The predicted octanol–water partition coefficient (Wildman–Crippen LogP) is 11.2. The maximum atomic E-state index is 16.0. The molecule has 352 valence electrons. The highest BCUT2D eigenvalue weighted by molar-refractivity contribution is 6.30. The van der Waals surface area contributed by atoms with E-state index >= 15 is 4.39 Å². The molecule has 0 spiro atoms. The van der Waals surface area contributed by atoms with Crippen molar-refractivity contribution in [2.75, 3.05) is 27.4 Å². The number of aliphatic hydroxyl groups is 1. The summed E-state index contributed by atoms with van der Waals surface area (Å²) in [5.74, 6) is -1.36. The highest BCUT2D eigenvalue weighted by Gasteiger charge is 2.64. The fourth-order valence-electron chi connectivity index (χ4n) is 8.39. The number of halogens is 2. The van der Waals surface area contributed by atoms with E-state index in [0.717, 1.165) is 33.4 Å². The number of ether oxygens (including phenoxy) is 8. The number of rotatable bonds is 22. The minimum atomic E-state index is -2.32. The minimum absolute atomic E-state index is 0.0710. The lowest BCUT2D eigenvalue weighted by Gasteiger charge is -2.55. The Kier molecular flexibility index (Phi) is 16.7. The van der Waals surface area contributed by atoms with Crippen molar-refractivity contribution < 1.29 is 47.4 Å². The molecule has 0 radical (unpaired) electrons. The summed E-state index contributed by atoms with van der Waals surface area (Å²) in [5.41, 5.74) is 4.16. The smallest absolute Gasteiger partial charge is 0.223 e. The molecular formula is C57H56ClFO9. The van der Waals surface area contributed by atoms with E-state index < -0.39 is 35.5 Å². The van der Waals surface area contributed by atoms with Crippen LogP contribution in [0.5, 0.6) is 11.5 Å². The summed E-state index contributed by atoms with van der Waals surface area (Å²) in [7, 11) is 3.24. The third kappa shape index (κ3) is 12.4. The molecule has 8 rings (SSSR count). The summed E-state index contributed by atoms with van der Waals surface area (Å²) in [6, 6.07) is 56.1. The van der Waals surface area contributed by atoms with Gasteiger partial charge in [-0.25, -0.2) is 4.39 Å². The van der Waals surface area contributed by atoms with Gasteiger partial charge < -0.3 is 43.0 Å². The number of hydrogen-bond donors (Lipinski definition) is 1. The summed E-state index contributed by atoms with van der Waals surface area (Å²) in [5, 5.41) is 14.4. The van der Waals surface area contributed by atoms with E-state index in [1.54, 1.807) is 32.4 Å². The largest absolute Gasteiger partial charge is 0.497 e. The Balaban J connectivity index is 1.27. The molecule has 68 heavy (non-hydrogen) atoms. The molecular weight excluding hydrogens is 883 g/mol. The van der Waals surface area contributed by atoms with Crippen molar-refractivity contribution in [2.24, 2.45) is 0 Å². The monoisotopic (exact) mass is 938 g/mol. The molecule has 1 heterocycles. The lowest BCUT2D eigenvalue weighted by atomic mass is 9.80. The molecule has 0 aliphatic carbocycles. The van der Waals surface area contributed by atoms with Gasteiger partial charge in [0.15, 0.2) is 0 Å². The van der Waals surface area contributed by atoms with E-state index in [4.69, 9.17) is 49.5 Å². The number of benzene rings is 7. The quantitative estimate of drug-likeness (QED) is 0.0713. The van der Waals surface area contributed by atoms with Crippen molar-refractivity contribution in [2.45, 2.75) is 69.2 Å². The first-order valence-electron chi connectivity index (χ1n) is 22.6. The van der Waals surface area contributed by atoms with E-state index in [9.17, 15) is 5.11 Å². The molecule has 1 aliphatic rings. The van der Waals surface area contributed by atoms with Crippen molar-refractivity contribution in [3.8, 4) is 11.5 Å². The average Bonchev–Trinajstić information content (AvgIpc) is 3.37. The SMILES string of the molecule is COc1ccc(COCC2(COCc3ccc(OC)cc3)OC(O)(c3ccc(F)c(Cc4ccc(Cl)cc4)c3)C(OCc3ccccc3)[C@@H](OCc3ccccc3)[C@@H]2OCc2ccccc2)cc1. The van der Waals surface area contributed by atoms with Crippen LogP contribution in [0, 0.1) is 5.82 Å². The Bertz CT molecular complexity index is 2550. The Labute approximate surface area is 402 Å². The Morgan fingerprint density at radius 1 is 0.515 bits per heavy atom. The topological polar surface area (TPSA) is 94.1 Å². The second-order valence-electron chi connectivity index (χ2n) is 16.9. The minimum Gasteiger partial charge on any atom is -0.497 e. The Morgan fingerprint density at radius 3 is 1.44 bits per heavy atom. The first-order chi connectivity index (χ1) is 33.2. The summed E-state index contributed by atoms with van der Waals surface area (Å²) >= 11 is 6.23. The van der Waals surface area contributed by atoms with E-state index in [1.807, 2.05) is 152 Å². The molecule has 0 amide bonds. The molecule has 0 saturated carbocycles. The van der Waals surface area contributed by atoms with Gasteiger partial charge in [0.1, 0.15) is 41.2 Å².